The van der Waals surface area contributed by atoms with Gasteiger partial charge in [0.05, 0.1) is 4.87 Å². The lowest BCUT2D eigenvalue weighted by atomic mass is 10.0. The van der Waals surface area contributed by atoms with E-state index in [2.05, 4.69) is 40.0 Å². The minimum atomic E-state index is -0.113. The molecule has 2 aliphatic heterocycles. The molecule has 0 aromatic heterocycles. The number of likely N-dealkylation sites (tertiary alicyclic amines) is 1. The molecule has 0 radical (unpaired) electrons. The molecule has 2 heterocycles. The molecule has 0 saturated carbocycles. The van der Waals surface area contributed by atoms with Crippen molar-refractivity contribution in [1.82, 2.24) is 9.80 Å². The van der Waals surface area contributed by atoms with Crippen LogP contribution < -0.4 is 5.32 Å². The molecule has 26 heavy (non-hydrogen) atoms. The Bertz CT molecular complexity index is 675. The van der Waals surface area contributed by atoms with E-state index in [0.29, 0.717) is 25.4 Å². The van der Waals surface area contributed by atoms with Crippen LogP contribution in [0.1, 0.15) is 33.1 Å². The maximum atomic E-state index is 12.6. The molecule has 2 saturated heterocycles. The number of nitrogens with zero attached hydrogens (tertiary/aromatic N) is 2. The number of rotatable bonds is 3. The summed E-state index contributed by atoms with van der Waals surface area (Å²) in [6.07, 6.45) is 2.29. The highest BCUT2D eigenvalue weighted by Crippen LogP contribution is 2.44. The maximum Gasteiger partial charge on any atom is 0.321 e. The summed E-state index contributed by atoms with van der Waals surface area (Å²) < 4.78 is 0.939. The van der Waals surface area contributed by atoms with Gasteiger partial charge in [0.15, 0.2) is 0 Å². The third-order valence-corrected chi connectivity index (χ3v) is 7.02. The zero-order valence-electron chi connectivity index (χ0n) is 15.3. The van der Waals surface area contributed by atoms with Gasteiger partial charge in [0.1, 0.15) is 0 Å². The van der Waals surface area contributed by atoms with E-state index >= 15 is 0 Å². The van der Waals surface area contributed by atoms with Gasteiger partial charge in [-0.25, -0.2) is 4.79 Å². The van der Waals surface area contributed by atoms with Crippen molar-refractivity contribution in [3.63, 3.8) is 0 Å². The van der Waals surface area contributed by atoms with Gasteiger partial charge in [-0.3, -0.25) is 4.79 Å². The quantitative estimate of drug-likeness (QED) is 0.759. The topological polar surface area (TPSA) is 52.7 Å². The smallest absolute Gasteiger partial charge is 0.321 e. The van der Waals surface area contributed by atoms with Crippen LogP contribution in [0.5, 0.6) is 0 Å². The largest absolute Gasteiger partial charge is 0.327 e. The molecule has 142 valence electrons. The fraction of sp³-hybridized carbons (Fsp3) is 0.579. The van der Waals surface area contributed by atoms with Crippen LogP contribution in [0.15, 0.2) is 28.7 Å². The highest BCUT2D eigenvalue weighted by molar-refractivity contribution is 9.10. The number of nitrogens with one attached hydrogen (secondary N) is 1. The minimum Gasteiger partial charge on any atom is -0.327 e. The average Bonchev–Trinajstić information content (AvgIpc) is 2.98. The van der Waals surface area contributed by atoms with Crippen molar-refractivity contribution in [2.24, 2.45) is 5.92 Å². The summed E-state index contributed by atoms with van der Waals surface area (Å²) in [4.78, 5) is 29.0. The van der Waals surface area contributed by atoms with E-state index in [0.717, 1.165) is 35.3 Å². The molecule has 2 fully saturated rings. The Hall–Kier alpha value is -1.21. The highest BCUT2D eigenvalue weighted by atomic mass is 79.9. The number of benzene rings is 1. The first kappa shape index (κ1) is 19.5. The molecule has 1 N–H and O–H groups in total. The molecule has 0 unspecified atom stereocenters. The van der Waals surface area contributed by atoms with Gasteiger partial charge in [-0.2, -0.15) is 0 Å². The molecule has 0 bridgehead atoms. The number of urea groups is 1. The predicted molar refractivity (Wildman–Crippen MR) is 110 cm³/mol. The first-order valence-electron chi connectivity index (χ1n) is 9.15. The maximum absolute atomic E-state index is 12.6. The highest BCUT2D eigenvalue weighted by Gasteiger charge is 2.46. The molecular weight excluding hydrogens is 414 g/mol. The van der Waals surface area contributed by atoms with Gasteiger partial charge in [0, 0.05) is 42.0 Å². The van der Waals surface area contributed by atoms with Crippen molar-refractivity contribution in [1.29, 1.82) is 0 Å². The first-order valence-corrected chi connectivity index (χ1v) is 10.9. The normalized spacial score (nSPS) is 19.2. The fourth-order valence-corrected chi connectivity index (χ4v) is 5.54. The van der Waals surface area contributed by atoms with Crippen LogP contribution in [0.25, 0.3) is 0 Å². The third-order valence-electron chi connectivity index (χ3n) is 4.97. The van der Waals surface area contributed by atoms with Gasteiger partial charge < -0.3 is 15.1 Å². The number of carbonyl (C=O) groups excluding carboxylic acids is 2. The van der Waals surface area contributed by atoms with Crippen LogP contribution in [0.3, 0.4) is 0 Å². The number of anilines is 1. The molecule has 0 aliphatic carbocycles. The lowest BCUT2D eigenvalue weighted by molar-refractivity contribution is -0.135. The molecule has 7 heteroatoms. The van der Waals surface area contributed by atoms with Crippen molar-refractivity contribution in [3.05, 3.63) is 28.7 Å². The van der Waals surface area contributed by atoms with Crippen LogP contribution >= 0.6 is 27.7 Å². The first-order chi connectivity index (χ1) is 12.4. The van der Waals surface area contributed by atoms with Gasteiger partial charge in [-0.15, -0.1) is 11.8 Å². The van der Waals surface area contributed by atoms with Crippen molar-refractivity contribution < 1.29 is 9.59 Å². The van der Waals surface area contributed by atoms with Gasteiger partial charge in [-0.05, 0) is 37.0 Å². The van der Waals surface area contributed by atoms with Gasteiger partial charge in [0.25, 0.3) is 0 Å². The molecule has 2 aliphatic rings. The van der Waals surface area contributed by atoms with E-state index < -0.39 is 0 Å². The summed E-state index contributed by atoms with van der Waals surface area (Å²) >= 11 is 5.31. The van der Waals surface area contributed by atoms with E-state index in [4.69, 9.17) is 0 Å². The van der Waals surface area contributed by atoms with Crippen LogP contribution in [0, 0.1) is 5.92 Å². The minimum absolute atomic E-state index is 0.0685. The van der Waals surface area contributed by atoms with Gasteiger partial charge >= 0.3 is 6.03 Å². The Morgan fingerprint density at radius 3 is 2.65 bits per heavy atom. The molecule has 0 atom stereocenters. The number of piperidine rings is 1. The number of carbonyl (C=O) groups is 2. The average molecular weight is 440 g/mol. The summed E-state index contributed by atoms with van der Waals surface area (Å²) in [6.45, 7) is 6.36. The van der Waals surface area contributed by atoms with Crippen LogP contribution in [-0.2, 0) is 4.79 Å². The lowest BCUT2D eigenvalue weighted by Gasteiger charge is -2.44. The van der Waals surface area contributed by atoms with Crippen molar-refractivity contribution in [2.75, 3.05) is 30.7 Å². The number of hydrogen-bond donors (Lipinski definition) is 1. The second kappa shape index (κ2) is 8.21. The lowest BCUT2D eigenvalue weighted by Crippen LogP contribution is -2.54. The zero-order valence-corrected chi connectivity index (χ0v) is 17.7. The summed E-state index contributed by atoms with van der Waals surface area (Å²) in [5.41, 5.74) is 0.786. The zero-order chi connectivity index (χ0) is 18.7. The summed E-state index contributed by atoms with van der Waals surface area (Å²) in [6, 6.07) is 7.54. The molecule has 1 aromatic carbocycles. The van der Waals surface area contributed by atoms with E-state index in [1.54, 1.807) is 0 Å². The number of hydrogen-bond acceptors (Lipinski definition) is 3. The number of amides is 3. The van der Waals surface area contributed by atoms with E-state index in [9.17, 15) is 9.59 Å². The monoisotopic (exact) mass is 439 g/mol. The second-order valence-electron chi connectivity index (χ2n) is 7.37. The van der Waals surface area contributed by atoms with Crippen molar-refractivity contribution in [2.45, 2.75) is 38.0 Å². The Morgan fingerprint density at radius 1 is 1.27 bits per heavy atom. The molecule has 3 amide bonds. The van der Waals surface area contributed by atoms with E-state index in [-0.39, 0.29) is 16.8 Å². The second-order valence-corrected chi connectivity index (χ2v) is 9.74. The standard InChI is InChI=1S/C19H26BrN3O2S/c1-14(2)12-17(24)23-10-11-26-19(23)6-8-22(9-7-19)18(25)21-16-5-3-4-15(20)13-16/h3-5,13-14H,6-12H2,1-2H3,(H,21,25). The fourth-order valence-electron chi connectivity index (χ4n) is 3.66. The number of halogens is 1. The van der Waals surface area contributed by atoms with Crippen molar-refractivity contribution >= 4 is 45.3 Å². The Morgan fingerprint density at radius 2 is 2.00 bits per heavy atom. The van der Waals surface area contributed by atoms with Gasteiger partial charge in [-0.1, -0.05) is 35.8 Å². The van der Waals surface area contributed by atoms with Crippen LogP contribution in [-0.4, -0.2) is 52.0 Å². The summed E-state index contributed by atoms with van der Waals surface area (Å²) in [7, 11) is 0. The van der Waals surface area contributed by atoms with E-state index in [1.165, 1.54) is 0 Å². The third kappa shape index (κ3) is 4.36. The molecule has 5 nitrogen and oxygen atoms in total. The van der Waals surface area contributed by atoms with Gasteiger partial charge in [0.2, 0.25) is 5.91 Å². The Balaban J connectivity index is 1.59. The predicted octanol–water partition coefficient (Wildman–Crippen LogP) is 4.39. The molecular formula is C19H26BrN3O2S. The summed E-state index contributed by atoms with van der Waals surface area (Å²) in [5.74, 6) is 1.63. The molecule has 1 aromatic rings. The van der Waals surface area contributed by atoms with Crippen LogP contribution in [0.4, 0.5) is 10.5 Å². The van der Waals surface area contributed by atoms with E-state index in [1.807, 2.05) is 40.9 Å². The van der Waals surface area contributed by atoms with Crippen molar-refractivity contribution in [3.8, 4) is 0 Å². The Kier molecular flexibility index (Phi) is 6.17. The van der Waals surface area contributed by atoms with Crippen LogP contribution in [0.2, 0.25) is 0 Å². The Labute approximate surface area is 168 Å². The number of thioether (sulfide) groups is 1. The molecule has 1 spiro atoms. The molecule has 3 rings (SSSR count). The summed E-state index contributed by atoms with van der Waals surface area (Å²) in [5, 5.41) is 2.96. The SMILES string of the molecule is CC(C)CC(=O)N1CCSC12CCN(C(=O)Nc1cccc(Br)c1)CC2.